The number of carbonyl (C=O) groups excluding carboxylic acids is 1. The average Bonchev–Trinajstić information content (AvgIpc) is 2.49. The van der Waals surface area contributed by atoms with E-state index in [1.165, 1.54) is 24.9 Å². The molecule has 1 aromatic carbocycles. The monoisotopic (exact) mass is 259 g/mol. The smallest absolute Gasteiger partial charge is 0.321 e. The second-order valence-electron chi connectivity index (χ2n) is 5.30. The number of urea groups is 1. The van der Waals surface area contributed by atoms with Crippen LogP contribution in [0.1, 0.15) is 25.7 Å². The van der Waals surface area contributed by atoms with Gasteiger partial charge in [0, 0.05) is 37.6 Å². The van der Waals surface area contributed by atoms with Crippen molar-refractivity contribution in [3.8, 4) is 0 Å². The fraction of sp³-hybridized carbons (Fsp3) is 0.533. The van der Waals surface area contributed by atoms with Crippen molar-refractivity contribution in [1.29, 1.82) is 0 Å². The minimum Gasteiger partial charge on any atom is -0.372 e. The number of nitrogens with one attached hydrogen (secondary N) is 1. The first-order valence-electron chi connectivity index (χ1n) is 7.25. The summed E-state index contributed by atoms with van der Waals surface area (Å²) in [5, 5.41) is 2.89. The van der Waals surface area contributed by atoms with Crippen molar-refractivity contribution in [2.24, 2.45) is 0 Å². The third-order valence-electron chi connectivity index (χ3n) is 3.96. The van der Waals surface area contributed by atoms with E-state index in [2.05, 4.69) is 34.5 Å². The van der Waals surface area contributed by atoms with Crippen LogP contribution in [0, 0.1) is 0 Å². The minimum absolute atomic E-state index is 0.0250. The summed E-state index contributed by atoms with van der Waals surface area (Å²) in [5.41, 5.74) is 2.28. The van der Waals surface area contributed by atoms with Gasteiger partial charge in [0.15, 0.2) is 0 Å². The predicted molar refractivity (Wildman–Crippen MR) is 77.9 cm³/mol. The average molecular weight is 259 g/mol. The highest BCUT2D eigenvalue weighted by molar-refractivity contribution is 5.92. The Bertz CT molecular complexity index is 437. The summed E-state index contributed by atoms with van der Waals surface area (Å²) in [5.74, 6) is 0. The zero-order chi connectivity index (χ0) is 13.1. The van der Waals surface area contributed by atoms with E-state index >= 15 is 0 Å². The molecule has 102 valence electrons. The molecule has 0 radical (unpaired) electrons. The molecule has 2 heterocycles. The van der Waals surface area contributed by atoms with E-state index in [1.807, 2.05) is 4.90 Å². The van der Waals surface area contributed by atoms with Crippen molar-refractivity contribution >= 4 is 17.4 Å². The summed E-state index contributed by atoms with van der Waals surface area (Å²) >= 11 is 0. The van der Waals surface area contributed by atoms with Crippen molar-refractivity contribution in [2.75, 3.05) is 36.0 Å². The van der Waals surface area contributed by atoms with E-state index in [-0.39, 0.29) is 6.03 Å². The molecule has 2 aliphatic rings. The maximum Gasteiger partial charge on any atom is 0.321 e. The molecule has 0 aromatic heterocycles. The SMILES string of the molecule is O=C1NCCCN1c1ccc(N2CCCCC2)cc1. The van der Waals surface area contributed by atoms with Gasteiger partial charge < -0.3 is 10.2 Å². The van der Waals surface area contributed by atoms with Gasteiger partial charge in [0.05, 0.1) is 0 Å². The van der Waals surface area contributed by atoms with Crippen molar-refractivity contribution in [3.05, 3.63) is 24.3 Å². The van der Waals surface area contributed by atoms with Crippen LogP contribution in [0.2, 0.25) is 0 Å². The maximum absolute atomic E-state index is 11.8. The van der Waals surface area contributed by atoms with Crippen LogP contribution in [0.15, 0.2) is 24.3 Å². The summed E-state index contributed by atoms with van der Waals surface area (Å²) < 4.78 is 0. The Kier molecular flexibility index (Phi) is 3.58. The molecule has 2 saturated heterocycles. The number of hydrogen-bond donors (Lipinski definition) is 1. The van der Waals surface area contributed by atoms with E-state index < -0.39 is 0 Å². The molecule has 4 heteroatoms. The van der Waals surface area contributed by atoms with Crippen molar-refractivity contribution in [1.82, 2.24) is 5.32 Å². The lowest BCUT2D eigenvalue weighted by Gasteiger charge is -2.30. The molecular weight excluding hydrogens is 238 g/mol. The zero-order valence-electron chi connectivity index (χ0n) is 11.3. The molecule has 0 saturated carbocycles. The fourth-order valence-corrected chi connectivity index (χ4v) is 2.87. The zero-order valence-corrected chi connectivity index (χ0v) is 11.3. The molecule has 1 aromatic rings. The number of amides is 2. The van der Waals surface area contributed by atoms with E-state index in [9.17, 15) is 4.79 Å². The first kappa shape index (κ1) is 12.3. The molecule has 2 aliphatic heterocycles. The maximum atomic E-state index is 11.8. The summed E-state index contributed by atoms with van der Waals surface area (Å²) in [6, 6.07) is 8.44. The third kappa shape index (κ3) is 2.67. The molecule has 4 nitrogen and oxygen atoms in total. The molecule has 2 fully saturated rings. The molecule has 0 aliphatic carbocycles. The highest BCUT2D eigenvalue weighted by Gasteiger charge is 2.19. The second kappa shape index (κ2) is 5.51. The molecule has 1 N–H and O–H groups in total. The fourth-order valence-electron chi connectivity index (χ4n) is 2.87. The topological polar surface area (TPSA) is 35.6 Å². The first-order valence-corrected chi connectivity index (χ1v) is 7.25. The Hall–Kier alpha value is -1.71. The van der Waals surface area contributed by atoms with Gasteiger partial charge in [-0.1, -0.05) is 0 Å². The first-order chi connectivity index (χ1) is 9.34. The standard InChI is InChI=1S/C15H21N3O/c19-15-16-9-4-12-18(15)14-7-5-13(6-8-14)17-10-2-1-3-11-17/h5-8H,1-4,9-12H2,(H,16,19). The van der Waals surface area contributed by atoms with Crippen LogP contribution in [0.25, 0.3) is 0 Å². The number of piperidine rings is 1. The van der Waals surface area contributed by atoms with Gasteiger partial charge in [0.2, 0.25) is 0 Å². The van der Waals surface area contributed by atoms with Gasteiger partial charge in [-0.05, 0) is 49.9 Å². The summed E-state index contributed by atoms with van der Waals surface area (Å²) in [6.45, 7) is 3.92. The van der Waals surface area contributed by atoms with Crippen LogP contribution in [-0.4, -0.2) is 32.2 Å². The Labute approximate surface area is 114 Å². The third-order valence-corrected chi connectivity index (χ3v) is 3.96. The Balaban J connectivity index is 1.72. The Morgan fingerprint density at radius 3 is 2.21 bits per heavy atom. The number of anilines is 2. The highest BCUT2D eigenvalue weighted by atomic mass is 16.2. The van der Waals surface area contributed by atoms with Gasteiger partial charge in [-0.25, -0.2) is 4.79 Å². The highest BCUT2D eigenvalue weighted by Crippen LogP contribution is 2.24. The van der Waals surface area contributed by atoms with E-state index in [1.54, 1.807) is 0 Å². The second-order valence-corrected chi connectivity index (χ2v) is 5.30. The van der Waals surface area contributed by atoms with Gasteiger partial charge in [-0.3, -0.25) is 4.90 Å². The molecule has 19 heavy (non-hydrogen) atoms. The van der Waals surface area contributed by atoms with Crippen molar-refractivity contribution < 1.29 is 4.79 Å². The van der Waals surface area contributed by atoms with Crippen molar-refractivity contribution in [3.63, 3.8) is 0 Å². The van der Waals surface area contributed by atoms with Gasteiger partial charge >= 0.3 is 6.03 Å². The van der Waals surface area contributed by atoms with Crippen molar-refractivity contribution in [2.45, 2.75) is 25.7 Å². The Morgan fingerprint density at radius 2 is 1.53 bits per heavy atom. The summed E-state index contributed by atoms with van der Waals surface area (Å²) in [4.78, 5) is 16.0. The quantitative estimate of drug-likeness (QED) is 0.886. The van der Waals surface area contributed by atoms with E-state index in [0.29, 0.717) is 0 Å². The Morgan fingerprint density at radius 1 is 0.842 bits per heavy atom. The van der Waals surface area contributed by atoms with Crippen LogP contribution in [0.5, 0.6) is 0 Å². The molecule has 0 bridgehead atoms. The van der Waals surface area contributed by atoms with Gasteiger partial charge in [0.25, 0.3) is 0 Å². The normalized spacial score (nSPS) is 20.3. The van der Waals surface area contributed by atoms with Gasteiger partial charge in [-0.15, -0.1) is 0 Å². The van der Waals surface area contributed by atoms with E-state index in [4.69, 9.17) is 0 Å². The number of rotatable bonds is 2. The van der Waals surface area contributed by atoms with Gasteiger partial charge in [-0.2, -0.15) is 0 Å². The van der Waals surface area contributed by atoms with Crippen LogP contribution in [0.3, 0.4) is 0 Å². The van der Waals surface area contributed by atoms with Crippen LogP contribution >= 0.6 is 0 Å². The summed E-state index contributed by atoms with van der Waals surface area (Å²) in [7, 11) is 0. The van der Waals surface area contributed by atoms with Crippen LogP contribution in [0.4, 0.5) is 16.2 Å². The van der Waals surface area contributed by atoms with Crippen LogP contribution in [-0.2, 0) is 0 Å². The minimum atomic E-state index is 0.0250. The predicted octanol–water partition coefficient (Wildman–Crippen LogP) is 2.60. The number of nitrogens with zero attached hydrogens (tertiary/aromatic N) is 2. The van der Waals surface area contributed by atoms with Crippen LogP contribution < -0.4 is 15.1 Å². The summed E-state index contributed by atoms with van der Waals surface area (Å²) in [6.07, 6.45) is 4.94. The lowest BCUT2D eigenvalue weighted by atomic mass is 10.1. The molecule has 3 rings (SSSR count). The number of hydrogen-bond acceptors (Lipinski definition) is 2. The van der Waals surface area contributed by atoms with E-state index in [0.717, 1.165) is 38.3 Å². The molecule has 0 spiro atoms. The molecule has 0 unspecified atom stereocenters. The van der Waals surface area contributed by atoms with Gasteiger partial charge in [0.1, 0.15) is 0 Å². The number of carbonyl (C=O) groups is 1. The molecule has 2 amide bonds. The lowest BCUT2D eigenvalue weighted by Crippen LogP contribution is -2.46. The number of benzene rings is 1. The molecule has 0 atom stereocenters. The largest absolute Gasteiger partial charge is 0.372 e. The lowest BCUT2D eigenvalue weighted by molar-refractivity contribution is 0.243. The molecular formula is C15H21N3O.